The number of carbonyl (C=O) groups excluding carboxylic acids is 1. The Morgan fingerprint density at radius 2 is 2.11 bits per heavy atom. The number of hydrogen-bond acceptors (Lipinski definition) is 2. The first-order valence-corrected chi connectivity index (χ1v) is 7.15. The minimum absolute atomic E-state index is 0.131. The van der Waals surface area contributed by atoms with Crippen molar-refractivity contribution in [2.24, 2.45) is 0 Å². The van der Waals surface area contributed by atoms with E-state index in [-0.39, 0.29) is 17.6 Å². The standard InChI is InChI=1S/C13H16BrFN2O/c14-10-4-2-1-3-5-11(10)17-13(18)12-7-6-9(15)8-16-12/h6-8,10-11H,1-5H2,(H,17,18). The Morgan fingerprint density at radius 3 is 2.83 bits per heavy atom. The summed E-state index contributed by atoms with van der Waals surface area (Å²) in [5.74, 6) is -0.661. The number of nitrogens with zero attached hydrogens (tertiary/aromatic N) is 1. The van der Waals surface area contributed by atoms with E-state index in [1.165, 1.54) is 25.0 Å². The third-order valence-electron chi connectivity index (χ3n) is 3.21. The molecule has 1 amide bonds. The van der Waals surface area contributed by atoms with E-state index in [4.69, 9.17) is 0 Å². The SMILES string of the molecule is O=C(NC1CCCCCC1Br)c1ccc(F)cn1. The molecule has 0 aromatic carbocycles. The molecule has 2 unspecified atom stereocenters. The minimum Gasteiger partial charge on any atom is -0.347 e. The smallest absolute Gasteiger partial charge is 0.270 e. The Labute approximate surface area is 114 Å². The van der Waals surface area contributed by atoms with E-state index >= 15 is 0 Å². The maximum absolute atomic E-state index is 12.7. The number of amides is 1. The van der Waals surface area contributed by atoms with Crippen LogP contribution in [-0.4, -0.2) is 21.8 Å². The molecule has 18 heavy (non-hydrogen) atoms. The largest absolute Gasteiger partial charge is 0.347 e. The number of alkyl halides is 1. The molecule has 1 N–H and O–H groups in total. The topological polar surface area (TPSA) is 42.0 Å². The van der Waals surface area contributed by atoms with Crippen LogP contribution in [0.2, 0.25) is 0 Å². The fourth-order valence-corrected chi connectivity index (χ4v) is 2.90. The average Bonchev–Trinajstić information content (AvgIpc) is 2.56. The highest BCUT2D eigenvalue weighted by atomic mass is 79.9. The lowest BCUT2D eigenvalue weighted by molar-refractivity contribution is 0.0929. The zero-order valence-corrected chi connectivity index (χ0v) is 11.6. The number of hydrogen-bond donors (Lipinski definition) is 1. The number of carbonyl (C=O) groups is 1. The van der Waals surface area contributed by atoms with Crippen LogP contribution in [0.15, 0.2) is 18.3 Å². The van der Waals surface area contributed by atoms with Crippen molar-refractivity contribution < 1.29 is 9.18 Å². The summed E-state index contributed by atoms with van der Waals surface area (Å²) in [4.78, 5) is 16.1. The van der Waals surface area contributed by atoms with Gasteiger partial charge >= 0.3 is 0 Å². The molecule has 1 aliphatic carbocycles. The van der Waals surface area contributed by atoms with Crippen molar-refractivity contribution in [3.63, 3.8) is 0 Å². The molecule has 0 radical (unpaired) electrons. The first-order chi connectivity index (χ1) is 8.66. The van der Waals surface area contributed by atoms with Crippen molar-refractivity contribution in [2.75, 3.05) is 0 Å². The van der Waals surface area contributed by atoms with E-state index in [0.29, 0.717) is 4.83 Å². The zero-order valence-electron chi connectivity index (χ0n) is 10.0. The number of pyridine rings is 1. The fourth-order valence-electron chi connectivity index (χ4n) is 2.18. The van der Waals surface area contributed by atoms with Gasteiger partial charge < -0.3 is 5.32 Å². The first kappa shape index (κ1) is 13.5. The minimum atomic E-state index is -0.431. The Bertz CT molecular complexity index is 410. The average molecular weight is 315 g/mol. The maximum Gasteiger partial charge on any atom is 0.270 e. The van der Waals surface area contributed by atoms with Gasteiger partial charge in [0.2, 0.25) is 0 Å². The summed E-state index contributed by atoms with van der Waals surface area (Å²) < 4.78 is 12.7. The van der Waals surface area contributed by atoms with E-state index in [1.54, 1.807) is 0 Å². The van der Waals surface area contributed by atoms with Crippen molar-refractivity contribution in [1.29, 1.82) is 0 Å². The van der Waals surface area contributed by atoms with Crippen molar-refractivity contribution in [3.05, 3.63) is 29.8 Å². The molecule has 98 valence electrons. The highest BCUT2D eigenvalue weighted by Gasteiger charge is 2.23. The second kappa shape index (κ2) is 6.27. The normalized spacial score (nSPS) is 24.3. The van der Waals surface area contributed by atoms with E-state index < -0.39 is 5.82 Å². The molecule has 0 aliphatic heterocycles. The van der Waals surface area contributed by atoms with E-state index in [9.17, 15) is 9.18 Å². The predicted molar refractivity (Wildman–Crippen MR) is 71.2 cm³/mol. The Kier molecular flexibility index (Phi) is 4.69. The van der Waals surface area contributed by atoms with Crippen LogP contribution in [-0.2, 0) is 0 Å². The molecule has 1 aromatic rings. The van der Waals surface area contributed by atoms with Crippen LogP contribution in [0.25, 0.3) is 0 Å². The molecule has 2 rings (SSSR count). The number of rotatable bonds is 2. The lowest BCUT2D eigenvalue weighted by atomic mass is 10.1. The molecule has 0 spiro atoms. The molecule has 0 bridgehead atoms. The molecule has 1 fully saturated rings. The molecule has 1 aliphatic rings. The summed E-state index contributed by atoms with van der Waals surface area (Å²) in [6.45, 7) is 0. The molecule has 2 atom stereocenters. The second-order valence-electron chi connectivity index (χ2n) is 4.60. The maximum atomic E-state index is 12.7. The van der Waals surface area contributed by atoms with E-state index in [1.807, 2.05) is 0 Å². The molecular weight excluding hydrogens is 299 g/mol. The van der Waals surface area contributed by atoms with Gasteiger partial charge in [0, 0.05) is 10.9 Å². The van der Waals surface area contributed by atoms with Crippen molar-refractivity contribution in [2.45, 2.75) is 43.0 Å². The lowest BCUT2D eigenvalue weighted by Gasteiger charge is -2.21. The third kappa shape index (κ3) is 3.51. The Balaban J connectivity index is 1.99. The van der Waals surface area contributed by atoms with Gasteiger partial charge in [-0.05, 0) is 25.0 Å². The summed E-state index contributed by atoms with van der Waals surface area (Å²) in [6, 6.07) is 2.79. The van der Waals surface area contributed by atoms with Gasteiger partial charge in [-0.25, -0.2) is 9.37 Å². The Hall–Kier alpha value is -0.970. The van der Waals surface area contributed by atoms with Gasteiger partial charge in [0.05, 0.1) is 6.20 Å². The summed E-state index contributed by atoms with van der Waals surface area (Å²) in [5.41, 5.74) is 0.264. The van der Waals surface area contributed by atoms with Gasteiger partial charge in [0.15, 0.2) is 0 Å². The van der Waals surface area contributed by atoms with Crippen LogP contribution in [0.5, 0.6) is 0 Å². The second-order valence-corrected chi connectivity index (χ2v) is 5.77. The van der Waals surface area contributed by atoms with Gasteiger partial charge in [-0.3, -0.25) is 4.79 Å². The van der Waals surface area contributed by atoms with Crippen molar-refractivity contribution in [1.82, 2.24) is 10.3 Å². The summed E-state index contributed by atoms with van der Waals surface area (Å²) in [6.07, 6.45) is 6.64. The lowest BCUT2D eigenvalue weighted by Crippen LogP contribution is -2.40. The molecule has 1 aromatic heterocycles. The number of halogens is 2. The molecular formula is C13H16BrFN2O. The van der Waals surface area contributed by atoms with Gasteiger partial charge in [0.25, 0.3) is 5.91 Å². The van der Waals surface area contributed by atoms with Crippen LogP contribution < -0.4 is 5.32 Å². The first-order valence-electron chi connectivity index (χ1n) is 6.23. The van der Waals surface area contributed by atoms with Gasteiger partial charge in [0.1, 0.15) is 11.5 Å². The van der Waals surface area contributed by atoms with E-state index in [0.717, 1.165) is 25.5 Å². The number of aromatic nitrogens is 1. The predicted octanol–water partition coefficient (Wildman–Crippen LogP) is 3.05. The fraction of sp³-hybridized carbons (Fsp3) is 0.538. The summed E-state index contributed by atoms with van der Waals surface area (Å²) in [5, 5.41) is 2.97. The molecule has 5 heteroatoms. The third-order valence-corrected chi connectivity index (χ3v) is 4.30. The molecule has 3 nitrogen and oxygen atoms in total. The quantitative estimate of drug-likeness (QED) is 0.673. The summed E-state index contributed by atoms with van der Waals surface area (Å²) in [7, 11) is 0. The van der Waals surface area contributed by atoms with Crippen LogP contribution in [0.4, 0.5) is 4.39 Å². The van der Waals surface area contributed by atoms with Crippen LogP contribution >= 0.6 is 15.9 Å². The van der Waals surface area contributed by atoms with Gasteiger partial charge in [-0.2, -0.15) is 0 Å². The molecule has 1 saturated carbocycles. The summed E-state index contributed by atoms with van der Waals surface area (Å²) >= 11 is 3.62. The van der Waals surface area contributed by atoms with Gasteiger partial charge in [-0.1, -0.05) is 35.2 Å². The highest BCUT2D eigenvalue weighted by Crippen LogP contribution is 2.23. The van der Waals surface area contributed by atoms with Crippen LogP contribution in [0.1, 0.15) is 42.6 Å². The highest BCUT2D eigenvalue weighted by molar-refractivity contribution is 9.09. The van der Waals surface area contributed by atoms with Crippen molar-refractivity contribution in [3.8, 4) is 0 Å². The van der Waals surface area contributed by atoms with Crippen molar-refractivity contribution >= 4 is 21.8 Å². The number of nitrogens with one attached hydrogen (secondary N) is 1. The zero-order chi connectivity index (χ0) is 13.0. The molecule has 1 heterocycles. The van der Waals surface area contributed by atoms with Gasteiger partial charge in [-0.15, -0.1) is 0 Å². The monoisotopic (exact) mass is 314 g/mol. The van der Waals surface area contributed by atoms with Crippen LogP contribution in [0, 0.1) is 5.82 Å². The van der Waals surface area contributed by atoms with Crippen LogP contribution in [0.3, 0.4) is 0 Å². The van der Waals surface area contributed by atoms with E-state index in [2.05, 4.69) is 26.2 Å². The molecule has 0 saturated heterocycles. The Morgan fingerprint density at radius 1 is 1.33 bits per heavy atom.